The average molecular weight is 456 g/mol. The lowest BCUT2D eigenvalue weighted by molar-refractivity contribution is -0.141. The number of hydrogen-bond donors (Lipinski definition) is 1. The Balaban J connectivity index is 1.45. The van der Waals surface area contributed by atoms with Crippen LogP contribution in [0, 0.1) is 13.8 Å². The van der Waals surface area contributed by atoms with E-state index in [2.05, 4.69) is 15.5 Å². The summed E-state index contributed by atoms with van der Waals surface area (Å²) in [5.74, 6) is 0.281. The second-order valence-corrected chi connectivity index (χ2v) is 7.36. The van der Waals surface area contributed by atoms with E-state index in [-0.39, 0.29) is 31.4 Å². The summed E-state index contributed by atoms with van der Waals surface area (Å²) < 4.78 is 46.5. The van der Waals surface area contributed by atoms with Crippen molar-refractivity contribution >= 4 is 17.5 Å². The van der Waals surface area contributed by atoms with Crippen LogP contribution in [0.15, 0.2) is 36.5 Å². The topological polar surface area (TPSA) is 74.0 Å². The third-order valence-electron chi connectivity index (χ3n) is 4.47. The Morgan fingerprint density at radius 3 is 2.65 bits per heavy atom. The van der Waals surface area contributed by atoms with Crippen LogP contribution in [0.4, 0.5) is 13.2 Å². The van der Waals surface area contributed by atoms with Gasteiger partial charge >= 0.3 is 6.18 Å². The van der Waals surface area contributed by atoms with Gasteiger partial charge < -0.3 is 10.1 Å². The number of benzene rings is 1. The third-order valence-corrected chi connectivity index (χ3v) is 4.70. The summed E-state index contributed by atoms with van der Waals surface area (Å²) in [7, 11) is 0. The second-order valence-electron chi connectivity index (χ2n) is 6.93. The maximum atomic E-state index is 12.7. The molecule has 0 saturated carbocycles. The van der Waals surface area contributed by atoms with Gasteiger partial charge in [0, 0.05) is 30.0 Å². The molecule has 31 heavy (non-hydrogen) atoms. The second kappa shape index (κ2) is 9.42. The molecular weight excluding hydrogens is 435 g/mol. The van der Waals surface area contributed by atoms with Gasteiger partial charge in [0.15, 0.2) is 12.4 Å². The SMILES string of the molecule is Cc1cc(Cl)ccc1OCn1ccc(C(=O)NCCCn2nc(C(F)(F)F)cc2C)n1. The molecule has 0 unspecified atom stereocenters. The van der Waals surface area contributed by atoms with Crippen molar-refractivity contribution in [2.24, 2.45) is 0 Å². The molecule has 0 atom stereocenters. The molecule has 0 aliphatic carbocycles. The Bertz CT molecular complexity index is 1060. The highest BCUT2D eigenvalue weighted by molar-refractivity contribution is 6.30. The Morgan fingerprint density at radius 1 is 1.19 bits per heavy atom. The fraction of sp³-hybridized carbons (Fsp3) is 0.350. The molecule has 0 bridgehead atoms. The average Bonchev–Trinajstić information content (AvgIpc) is 3.31. The lowest BCUT2D eigenvalue weighted by atomic mass is 10.2. The number of hydrogen-bond acceptors (Lipinski definition) is 4. The molecule has 7 nitrogen and oxygen atoms in total. The van der Waals surface area contributed by atoms with Crippen LogP contribution in [0.5, 0.6) is 5.75 Å². The molecule has 1 aromatic carbocycles. The zero-order chi connectivity index (χ0) is 22.6. The summed E-state index contributed by atoms with van der Waals surface area (Å²) in [5, 5.41) is 11.0. The molecular formula is C20H21ClF3N5O2. The minimum absolute atomic E-state index is 0.121. The highest BCUT2D eigenvalue weighted by Gasteiger charge is 2.34. The van der Waals surface area contributed by atoms with Gasteiger partial charge in [-0.15, -0.1) is 0 Å². The quantitative estimate of drug-likeness (QED) is 0.516. The molecule has 3 rings (SSSR count). The molecule has 0 aliphatic rings. The number of aromatic nitrogens is 4. The Kier molecular flexibility index (Phi) is 6.89. The maximum Gasteiger partial charge on any atom is 0.435 e. The normalized spacial score (nSPS) is 11.5. The van der Waals surface area contributed by atoms with Crippen molar-refractivity contribution in [3.63, 3.8) is 0 Å². The predicted molar refractivity (Wildman–Crippen MR) is 108 cm³/mol. The first-order valence-corrected chi connectivity index (χ1v) is 9.83. The molecule has 0 fully saturated rings. The summed E-state index contributed by atoms with van der Waals surface area (Å²) in [4.78, 5) is 12.2. The summed E-state index contributed by atoms with van der Waals surface area (Å²) in [6.07, 6.45) is -2.43. The Labute approximate surface area is 181 Å². The van der Waals surface area contributed by atoms with Crippen LogP contribution in [0.3, 0.4) is 0 Å². The lowest BCUT2D eigenvalue weighted by Gasteiger charge is -2.09. The molecule has 3 aromatic rings. The monoisotopic (exact) mass is 455 g/mol. The number of amides is 1. The van der Waals surface area contributed by atoms with Crippen LogP contribution in [0.2, 0.25) is 5.02 Å². The van der Waals surface area contributed by atoms with Crippen molar-refractivity contribution < 1.29 is 22.7 Å². The number of halogens is 4. The maximum absolute atomic E-state index is 12.7. The van der Waals surface area contributed by atoms with Crippen molar-refractivity contribution in [1.82, 2.24) is 24.9 Å². The van der Waals surface area contributed by atoms with Gasteiger partial charge in [-0.1, -0.05) is 11.6 Å². The van der Waals surface area contributed by atoms with Gasteiger partial charge in [0.2, 0.25) is 0 Å². The number of nitrogens with zero attached hydrogens (tertiary/aromatic N) is 4. The van der Waals surface area contributed by atoms with Gasteiger partial charge in [-0.3, -0.25) is 9.48 Å². The van der Waals surface area contributed by atoms with Crippen LogP contribution >= 0.6 is 11.6 Å². The molecule has 0 radical (unpaired) electrons. The van der Waals surface area contributed by atoms with Gasteiger partial charge in [-0.2, -0.15) is 23.4 Å². The van der Waals surface area contributed by atoms with Gasteiger partial charge in [0.05, 0.1) is 0 Å². The molecule has 2 aromatic heterocycles. The lowest BCUT2D eigenvalue weighted by Crippen LogP contribution is -2.26. The van der Waals surface area contributed by atoms with Crippen LogP contribution in [0.25, 0.3) is 0 Å². The number of alkyl halides is 3. The third kappa shape index (κ3) is 6.00. The highest BCUT2D eigenvalue weighted by atomic mass is 35.5. The van der Waals surface area contributed by atoms with Crippen molar-refractivity contribution in [1.29, 1.82) is 0 Å². The Morgan fingerprint density at radius 2 is 1.97 bits per heavy atom. The number of carbonyl (C=O) groups excluding carboxylic acids is 1. The van der Waals surface area contributed by atoms with Crippen LogP contribution < -0.4 is 10.1 Å². The number of rotatable bonds is 8. The fourth-order valence-electron chi connectivity index (χ4n) is 2.86. The van der Waals surface area contributed by atoms with Crippen molar-refractivity contribution in [2.45, 2.75) is 39.7 Å². The largest absolute Gasteiger partial charge is 0.471 e. The number of carbonyl (C=O) groups is 1. The van der Waals surface area contributed by atoms with Crippen LogP contribution in [0.1, 0.15) is 33.9 Å². The minimum Gasteiger partial charge on any atom is -0.471 e. The summed E-state index contributed by atoms with van der Waals surface area (Å²) in [5.41, 5.74) is 0.586. The fourth-order valence-corrected chi connectivity index (χ4v) is 3.09. The number of aryl methyl sites for hydroxylation is 3. The van der Waals surface area contributed by atoms with E-state index in [0.29, 0.717) is 22.9 Å². The van der Waals surface area contributed by atoms with E-state index in [0.717, 1.165) is 11.6 Å². The molecule has 166 valence electrons. The number of ether oxygens (including phenoxy) is 1. The molecule has 11 heteroatoms. The van der Waals surface area contributed by atoms with Gasteiger partial charge in [0.25, 0.3) is 5.91 Å². The van der Waals surface area contributed by atoms with Gasteiger partial charge in [-0.05, 0) is 56.2 Å². The van der Waals surface area contributed by atoms with Gasteiger partial charge in [-0.25, -0.2) is 4.68 Å². The zero-order valence-electron chi connectivity index (χ0n) is 16.9. The summed E-state index contributed by atoms with van der Waals surface area (Å²) in [6.45, 7) is 4.08. The molecule has 1 amide bonds. The van der Waals surface area contributed by atoms with E-state index in [4.69, 9.17) is 16.3 Å². The molecule has 0 spiro atoms. The summed E-state index contributed by atoms with van der Waals surface area (Å²) >= 11 is 5.92. The molecule has 0 saturated heterocycles. The first-order chi connectivity index (χ1) is 14.6. The first kappa shape index (κ1) is 22.7. The van der Waals surface area contributed by atoms with E-state index in [1.807, 2.05) is 6.92 Å². The van der Waals surface area contributed by atoms with Crippen molar-refractivity contribution in [3.05, 3.63) is 64.2 Å². The van der Waals surface area contributed by atoms with Crippen LogP contribution in [-0.4, -0.2) is 32.0 Å². The predicted octanol–water partition coefficient (Wildman–Crippen LogP) is 4.23. The molecule has 1 N–H and O–H groups in total. The van der Waals surface area contributed by atoms with Crippen molar-refractivity contribution in [2.75, 3.05) is 6.54 Å². The van der Waals surface area contributed by atoms with E-state index < -0.39 is 11.9 Å². The summed E-state index contributed by atoms with van der Waals surface area (Å²) in [6, 6.07) is 7.82. The van der Waals surface area contributed by atoms with E-state index >= 15 is 0 Å². The van der Waals surface area contributed by atoms with Crippen LogP contribution in [-0.2, 0) is 19.5 Å². The smallest absolute Gasteiger partial charge is 0.435 e. The number of nitrogens with one attached hydrogen (secondary N) is 1. The molecule has 0 aliphatic heterocycles. The van der Waals surface area contributed by atoms with E-state index in [1.54, 1.807) is 37.4 Å². The van der Waals surface area contributed by atoms with E-state index in [9.17, 15) is 18.0 Å². The molecule has 2 heterocycles. The van der Waals surface area contributed by atoms with E-state index in [1.165, 1.54) is 9.36 Å². The zero-order valence-corrected chi connectivity index (χ0v) is 17.7. The Hall–Kier alpha value is -3.01. The van der Waals surface area contributed by atoms with Crippen molar-refractivity contribution in [3.8, 4) is 5.75 Å². The minimum atomic E-state index is -4.47. The first-order valence-electron chi connectivity index (χ1n) is 9.46. The van der Waals surface area contributed by atoms with Gasteiger partial charge in [0.1, 0.15) is 11.4 Å². The standard InChI is InChI=1S/C20H21ClF3N5O2/c1-13-10-15(21)4-5-17(13)31-12-28-9-6-16(26-28)19(30)25-7-3-8-29-14(2)11-18(27-29)20(22,23)24/h4-6,9-11H,3,7-8,12H2,1-2H3,(H,25,30). The highest BCUT2D eigenvalue weighted by Crippen LogP contribution is 2.28.